The monoisotopic (exact) mass is 292 g/mol. The number of amides is 3. The number of rotatable bonds is 7. The lowest BCUT2D eigenvalue weighted by molar-refractivity contribution is -0.139. The van der Waals surface area contributed by atoms with E-state index in [2.05, 4.69) is 10.6 Å². The highest BCUT2D eigenvalue weighted by Crippen LogP contribution is 2.24. The van der Waals surface area contributed by atoms with Crippen LogP contribution in [-0.2, 0) is 20.4 Å². The first-order valence-electron chi connectivity index (χ1n) is 5.72. The number of carboxylic acid groups (broad SMARTS) is 1. The van der Waals surface area contributed by atoms with Crippen molar-refractivity contribution in [1.82, 2.24) is 10.6 Å². The summed E-state index contributed by atoms with van der Waals surface area (Å²) in [5.41, 5.74) is -0.721. The number of hydrogen-bond donors (Lipinski definition) is 3. The van der Waals surface area contributed by atoms with Gasteiger partial charge in [-0.2, -0.15) is 0 Å². The fourth-order valence-corrected chi connectivity index (χ4v) is 1.82. The smallest absolute Gasteiger partial charge is 0.321 e. The summed E-state index contributed by atoms with van der Waals surface area (Å²) in [6.07, 6.45) is 1.29. The first kappa shape index (κ1) is 17.6. The second kappa shape index (κ2) is 7.88. The Labute approximate surface area is 114 Å². The van der Waals surface area contributed by atoms with Gasteiger partial charge in [0.25, 0.3) is 0 Å². The largest absolute Gasteiger partial charge is 0.481 e. The summed E-state index contributed by atoms with van der Waals surface area (Å²) in [6, 6.07) is -0.665. The molecule has 1 unspecified atom stereocenters. The molecule has 0 heterocycles. The van der Waals surface area contributed by atoms with E-state index in [0.29, 0.717) is 5.75 Å². The molecule has 19 heavy (non-hydrogen) atoms. The SMILES string of the molecule is CS(=O)CCNC(=O)NC(=O)CC(C)(C)CC(=O)O. The highest BCUT2D eigenvalue weighted by Gasteiger charge is 2.25. The number of carbonyl (C=O) groups is 3. The van der Waals surface area contributed by atoms with Crippen LogP contribution in [-0.4, -0.2) is 45.8 Å². The van der Waals surface area contributed by atoms with Crippen molar-refractivity contribution in [3.63, 3.8) is 0 Å². The van der Waals surface area contributed by atoms with Crippen LogP contribution in [0.15, 0.2) is 0 Å². The van der Waals surface area contributed by atoms with Gasteiger partial charge in [-0.3, -0.25) is 19.1 Å². The minimum Gasteiger partial charge on any atom is -0.481 e. The van der Waals surface area contributed by atoms with E-state index in [1.165, 1.54) is 6.26 Å². The van der Waals surface area contributed by atoms with E-state index in [0.717, 1.165) is 0 Å². The molecule has 7 nitrogen and oxygen atoms in total. The predicted octanol–water partition coefficient (Wildman–Crippen LogP) is 0.0817. The van der Waals surface area contributed by atoms with Crippen LogP contribution in [0.1, 0.15) is 26.7 Å². The highest BCUT2D eigenvalue weighted by molar-refractivity contribution is 7.84. The Morgan fingerprint density at radius 1 is 1.21 bits per heavy atom. The molecule has 0 aliphatic heterocycles. The number of aliphatic carboxylic acids is 1. The zero-order valence-electron chi connectivity index (χ0n) is 11.3. The molecule has 0 bridgehead atoms. The van der Waals surface area contributed by atoms with Crippen LogP contribution in [0.25, 0.3) is 0 Å². The van der Waals surface area contributed by atoms with E-state index in [9.17, 15) is 18.6 Å². The van der Waals surface area contributed by atoms with E-state index in [4.69, 9.17) is 5.11 Å². The summed E-state index contributed by atoms with van der Waals surface area (Å²) < 4.78 is 10.8. The third kappa shape index (κ3) is 10.2. The van der Waals surface area contributed by atoms with Crippen LogP contribution in [0.2, 0.25) is 0 Å². The van der Waals surface area contributed by atoms with Crippen LogP contribution >= 0.6 is 0 Å². The van der Waals surface area contributed by atoms with Gasteiger partial charge in [-0.1, -0.05) is 13.8 Å². The van der Waals surface area contributed by atoms with Crippen LogP contribution in [0.4, 0.5) is 4.79 Å². The van der Waals surface area contributed by atoms with Gasteiger partial charge in [0.05, 0.1) is 6.42 Å². The molecule has 0 fully saturated rings. The third-order valence-corrected chi connectivity index (χ3v) is 2.98. The average Bonchev–Trinajstić information content (AvgIpc) is 2.12. The molecule has 0 aromatic rings. The van der Waals surface area contributed by atoms with Gasteiger partial charge < -0.3 is 10.4 Å². The summed E-state index contributed by atoms with van der Waals surface area (Å²) in [4.78, 5) is 33.4. The first-order valence-corrected chi connectivity index (χ1v) is 7.44. The van der Waals surface area contributed by atoms with Crippen molar-refractivity contribution in [2.24, 2.45) is 5.41 Å². The van der Waals surface area contributed by atoms with Crippen molar-refractivity contribution in [1.29, 1.82) is 0 Å². The lowest BCUT2D eigenvalue weighted by Crippen LogP contribution is -2.42. The maximum atomic E-state index is 11.5. The molecule has 0 aromatic carbocycles. The van der Waals surface area contributed by atoms with Gasteiger partial charge in [-0.25, -0.2) is 4.79 Å². The number of carboxylic acids is 1. The third-order valence-electron chi connectivity index (χ3n) is 2.20. The molecular weight excluding hydrogens is 272 g/mol. The summed E-state index contributed by atoms with van der Waals surface area (Å²) >= 11 is 0. The molecule has 0 saturated carbocycles. The number of carbonyl (C=O) groups excluding carboxylic acids is 2. The molecule has 110 valence electrons. The fraction of sp³-hybridized carbons (Fsp3) is 0.727. The summed E-state index contributed by atoms with van der Waals surface area (Å²) in [6.45, 7) is 3.48. The molecule has 0 saturated heterocycles. The van der Waals surface area contributed by atoms with Crippen LogP contribution in [0, 0.1) is 5.41 Å². The lowest BCUT2D eigenvalue weighted by atomic mass is 9.85. The predicted molar refractivity (Wildman–Crippen MR) is 71.1 cm³/mol. The van der Waals surface area contributed by atoms with Crippen molar-refractivity contribution in [2.75, 3.05) is 18.6 Å². The first-order chi connectivity index (χ1) is 8.62. The van der Waals surface area contributed by atoms with Crippen molar-refractivity contribution >= 4 is 28.7 Å². The maximum Gasteiger partial charge on any atom is 0.321 e. The van der Waals surface area contributed by atoms with Gasteiger partial charge >= 0.3 is 12.0 Å². The van der Waals surface area contributed by atoms with Gasteiger partial charge in [-0.15, -0.1) is 0 Å². The van der Waals surface area contributed by atoms with E-state index in [-0.39, 0.29) is 19.4 Å². The molecule has 0 rings (SSSR count). The molecule has 0 aliphatic carbocycles. The molecule has 3 amide bonds. The summed E-state index contributed by atoms with van der Waals surface area (Å²) in [5, 5.41) is 13.2. The Bertz CT molecular complexity index is 381. The normalized spacial score (nSPS) is 12.6. The zero-order chi connectivity index (χ0) is 15.1. The summed E-state index contributed by atoms with van der Waals surface area (Å²) in [7, 11) is -1.01. The number of nitrogens with one attached hydrogen (secondary N) is 2. The summed E-state index contributed by atoms with van der Waals surface area (Å²) in [5.74, 6) is -1.22. The highest BCUT2D eigenvalue weighted by atomic mass is 32.2. The Balaban J connectivity index is 4.06. The second-order valence-corrected chi connectivity index (χ2v) is 6.55. The molecule has 0 spiro atoms. The van der Waals surface area contributed by atoms with Crippen molar-refractivity contribution in [2.45, 2.75) is 26.7 Å². The number of hydrogen-bond acceptors (Lipinski definition) is 4. The minimum atomic E-state index is -1.01. The van der Waals surface area contributed by atoms with Gasteiger partial charge in [0.2, 0.25) is 5.91 Å². The maximum absolute atomic E-state index is 11.5. The number of urea groups is 1. The molecule has 0 aromatic heterocycles. The Hall–Kier alpha value is -1.44. The molecule has 1 atom stereocenters. The second-order valence-electron chi connectivity index (χ2n) is 4.99. The molecular formula is C11H20N2O5S. The van der Waals surface area contributed by atoms with Crippen LogP contribution < -0.4 is 10.6 Å². The van der Waals surface area contributed by atoms with Gasteiger partial charge in [-0.05, 0) is 5.41 Å². The Morgan fingerprint density at radius 2 is 1.79 bits per heavy atom. The topological polar surface area (TPSA) is 113 Å². The van der Waals surface area contributed by atoms with Crippen molar-refractivity contribution in [3.05, 3.63) is 0 Å². The average molecular weight is 292 g/mol. The molecule has 3 N–H and O–H groups in total. The zero-order valence-corrected chi connectivity index (χ0v) is 12.1. The lowest BCUT2D eigenvalue weighted by Gasteiger charge is -2.21. The fourth-order valence-electron chi connectivity index (χ4n) is 1.43. The van der Waals surface area contributed by atoms with Gasteiger partial charge in [0.1, 0.15) is 0 Å². The van der Waals surface area contributed by atoms with Crippen LogP contribution in [0.5, 0.6) is 0 Å². The van der Waals surface area contributed by atoms with E-state index < -0.39 is 34.1 Å². The van der Waals surface area contributed by atoms with E-state index >= 15 is 0 Å². The van der Waals surface area contributed by atoms with Crippen molar-refractivity contribution in [3.8, 4) is 0 Å². The quantitative estimate of drug-likeness (QED) is 0.615. The molecule has 0 aliphatic rings. The molecule has 0 radical (unpaired) electrons. The number of imide groups is 1. The van der Waals surface area contributed by atoms with E-state index in [1.54, 1.807) is 13.8 Å². The van der Waals surface area contributed by atoms with E-state index in [1.807, 2.05) is 0 Å². The van der Waals surface area contributed by atoms with Gasteiger partial charge in [0.15, 0.2) is 0 Å². The Kier molecular flexibility index (Phi) is 7.28. The molecule has 8 heteroatoms. The van der Waals surface area contributed by atoms with Gasteiger partial charge in [0, 0.05) is 35.8 Å². The van der Waals surface area contributed by atoms with Crippen molar-refractivity contribution < 1.29 is 23.7 Å². The standard InChI is InChI=1S/C11H20N2O5S/c1-11(2,7-9(15)16)6-8(14)13-10(17)12-4-5-19(3)18/h4-7H2,1-3H3,(H,15,16)(H2,12,13,14,17). The Morgan fingerprint density at radius 3 is 2.26 bits per heavy atom. The minimum absolute atomic E-state index is 0.0631. The van der Waals surface area contributed by atoms with Crippen LogP contribution in [0.3, 0.4) is 0 Å².